The third kappa shape index (κ3) is 3.54. The molecule has 0 spiro atoms. The molecule has 5 nitrogen and oxygen atoms in total. The highest BCUT2D eigenvalue weighted by Gasteiger charge is 2.39. The van der Waals surface area contributed by atoms with Crippen LogP contribution >= 0.6 is 0 Å². The zero-order valence-corrected chi connectivity index (χ0v) is 12.8. The van der Waals surface area contributed by atoms with Crippen LogP contribution in [-0.4, -0.2) is 47.9 Å². The smallest absolute Gasteiger partial charge is 0.237 e. The highest BCUT2D eigenvalue weighted by atomic mass is 16.2. The van der Waals surface area contributed by atoms with E-state index in [-0.39, 0.29) is 11.8 Å². The molecule has 5 heteroatoms. The van der Waals surface area contributed by atoms with E-state index >= 15 is 0 Å². The van der Waals surface area contributed by atoms with Gasteiger partial charge in [-0.3, -0.25) is 9.69 Å². The third-order valence-corrected chi connectivity index (χ3v) is 5.03. The quantitative estimate of drug-likeness (QED) is 0.795. The number of likely N-dealkylation sites (tertiary alicyclic amines) is 1. The van der Waals surface area contributed by atoms with Crippen LogP contribution in [0.1, 0.15) is 44.9 Å². The van der Waals surface area contributed by atoms with Gasteiger partial charge >= 0.3 is 0 Å². The molecule has 21 heavy (non-hydrogen) atoms. The molecule has 1 amide bonds. The molecule has 1 saturated carbocycles. The van der Waals surface area contributed by atoms with Crippen molar-refractivity contribution in [3.63, 3.8) is 0 Å². The molecule has 2 rings (SSSR count). The van der Waals surface area contributed by atoms with E-state index in [2.05, 4.69) is 17.0 Å². The average molecular weight is 288 g/mol. The Bertz CT molecular complexity index is 448. The predicted molar refractivity (Wildman–Crippen MR) is 79.0 cm³/mol. The SMILES string of the molecule is CN(C(=O)CN1CCC(C#N)CC1)C1(C#N)CCCCC1. The maximum absolute atomic E-state index is 12.5. The highest BCUT2D eigenvalue weighted by molar-refractivity contribution is 5.79. The van der Waals surface area contributed by atoms with Crippen molar-refractivity contribution in [3.8, 4) is 12.1 Å². The van der Waals surface area contributed by atoms with E-state index in [1.807, 2.05) is 0 Å². The molecule has 2 fully saturated rings. The second-order valence-electron chi connectivity index (χ2n) is 6.34. The summed E-state index contributed by atoms with van der Waals surface area (Å²) in [6.45, 7) is 1.98. The molecule has 0 aromatic heterocycles. The van der Waals surface area contributed by atoms with Crippen molar-refractivity contribution in [2.45, 2.75) is 50.5 Å². The van der Waals surface area contributed by atoms with Crippen molar-refractivity contribution in [3.05, 3.63) is 0 Å². The normalized spacial score (nSPS) is 23.0. The molecule has 1 heterocycles. The number of carbonyl (C=O) groups excluding carboxylic acids is 1. The molecule has 0 bridgehead atoms. The van der Waals surface area contributed by atoms with Crippen molar-refractivity contribution in [1.82, 2.24) is 9.80 Å². The number of rotatable bonds is 3. The van der Waals surface area contributed by atoms with Gasteiger partial charge in [-0.25, -0.2) is 0 Å². The number of hydrogen-bond acceptors (Lipinski definition) is 4. The third-order valence-electron chi connectivity index (χ3n) is 5.03. The molecule has 1 saturated heterocycles. The number of nitriles is 2. The Morgan fingerprint density at radius 1 is 1.24 bits per heavy atom. The zero-order chi connectivity index (χ0) is 15.3. The molecule has 0 atom stereocenters. The fourth-order valence-corrected chi connectivity index (χ4v) is 3.42. The van der Waals surface area contributed by atoms with Gasteiger partial charge in [0.2, 0.25) is 5.91 Å². The van der Waals surface area contributed by atoms with Crippen LogP contribution in [0.25, 0.3) is 0 Å². The number of nitrogens with zero attached hydrogens (tertiary/aromatic N) is 4. The van der Waals surface area contributed by atoms with Crippen LogP contribution in [-0.2, 0) is 4.79 Å². The lowest BCUT2D eigenvalue weighted by Gasteiger charge is -2.40. The number of piperidine rings is 1. The molecule has 1 aliphatic heterocycles. The molecule has 1 aliphatic carbocycles. The fraction of sp³-hybridized carbons (Fsp3) is 0.812. The van der Waals surface area contributed by atoms with E-state index in [0.717, 1.165) is 58.0 Å². The molecular weight excluding hydrogens is 264 g/mol. The summed E-state index contributed by atoms with van der Waals surface area (Å²) in [7, 11) is 1.78. The van der Waals surface area contributed by atoms with Crippen molar-refractivity contribution >= 4 is 5.91 Å². The molecule has 0 aromatic carbocycles. The summed E-state index contributed by atoms with van der Waals surface area (Å²) in [6.07, 6.45) is 6.49. The largest absolute Gasteiger partial charge is 0.326 e. The Hall–Kier alpha value is -1.59. The Balaban J connectivity index is 1.91. The van der Waals surface area contributed by atoms with Gasteiger partial charge in [-0.1, -0.05) is 19.3 Å². The van der Waals surface area contributed by atoms with Crippen LogP contribution in [0.4, 0.5) is 0 Å². The van der Waals surface area contributed by atoms with Crippen LogP contribution < -0.4 is 0 Å². The minimum absolute atomic E-state index is 0.0360. The summed E-state index contributed by atoms with van der Waals surface area (Å²) in [6, 6.07) is 4.70. The van der Waals surface area contributed by atoms with E-state index in [4.69, 9.17) is 5.26 Å². The number of likely N-dealkylation sites (N-methyl/N-ethyl adjacent to an activating group) is 1. The minimum Gasteiger partial charge on any atom is -0.326 e. The van der Waals surface area contributed by atoms with Crippen LogP contribution in [0.2, 0.25) is 0 Å². The van der Waals surface area contributed by atoms with Crippen molar-refractivity contribution in [1.29, 1.82) is 10.5 Å². The summed E-state index contributed by atoms with van der Waals surface area (Å²) in [5, 5.41) is 18.4. The highest BCUT2D eigenvalue weighted by Crippen LogP contribution is 2.32. The van der Waals surface area contributed by atoms with Gasteiger partial charge < -0.3 is 4.90 Å². The number of carbonyl (C=O) groups is 1. The Labute approximate surface area is 127 Å². The second kappa shape index (κ2) is 6.91. The topological polar surface area (TPSA) is 71.1 Å². The van der Waals surface area contributed by atoms with Crippen molar-refractivity contribution < 1.29 is 4.79 Å². The van der Waals surface area contributed by atoms with E-state index in [9.17, 15) is 10.1 Å². The lowest BCUT2D eigenvalue weighted by atomic mass is 9.81. The summed E-state index contributed by atoms with van der Waals surface area (Å²) in [5.74, 6) is 0.173. The fourth-order valence-electron chi connectivity index (χ4n) is 3.42. The van der Waals surface area contributed by atoms with Crippen LogP contribution in [0.3, 0.4) is 0 Å². The van der Waals surface area contributed by atoms with Gasteiger partial charge in [-0.2, -0.15) is 10.5 Å². The Kier molecular flexibility index (Phi) is 5.20. The molecule has 2 aliphatic rings. The van der Waals surface area contributed by atoms with Gasteiger partial charge in [0, 0.05) is 13.0 Å². The summed E-state index contributed by atoms with van der Waals surface area (Å²) < 4.78 is 0. The van der Waals surface area contributed by atoms with E-state index in [1.54, 1.807) is 11.9 Å². The van der Waals surface area contributed by atoms with E-state index in [0.29, 0.717) is 6.54 Å². The lowest BCUT2D eigenvalue weighted by Crippen LogP contribution is -2.53. The van der Waals surface area contributed by atoms with Gasteiger partial charge in [-0.15, -0.1) is 0 Å². The molecule has 0 unspecified atom stereocenters. The van der Waals surface area contributed by atoms with Crippen LogP contribution in [0.5, 0.6) is 0 Å². The predicted octanol–water partition coefficient (Wildman–Crippen LogP) is 1.91. The first-order valence-corrected chi connectivity index (χ1v) is 7.91. The first kappa shape index (κ1) is 15.8. The van der Waals surface area contributed by atoms with Gasteiger partial charge in [0.1, 0.15) is 5.54 Å². The van der Waals surface area contributed by atoms with E-state index < -0.39 is 5.54 Å². The standard InChI is InChI=1S/C16H24N4O/c1-19(16(13-18)7-3-2-4-8-16)15(21)12-20-9-5-14(11-17)6-10-20/h14H,2-10,12H2,1H3. The van der Waals surface area contributed by atoms with Gasteiger partial charge in [-0.05, 0) is 38.8 Å². The Morgan fingerprint density at radius 3 is 2.38 bits per heavy atom. The van der Waals surface area contributed by atoms with Crippen LogP contribution in [0.15, 0.2) is 0 Å². The van der Waals surface area contributed by atoms with Gasteiger partial charge in [0.25, 0.3) is 0 Å². The average Bonchev–Trinajstić information content (AvgIpc) is 2.55. The molecular formula is C16H24N4O. The molecule has 0 N–H and O–H groups in total. The number of hydrogen-bond donors (Lipinski definition) is 0. The maximum atomic E-state index is 12.5. The molecule has 0 aromatic rings. The first-order chi connectivity index (χ1) is 10.1. The van der Waals surface area contributed by atoms with Gasteiger partial charge in [0.15, 0.2) is 0 Å². The molecule has 0 radical (unpaired) electrons. The van der Waals surface area contributed by atoms with Gasteiger partial charge in [0.05, 0.1) is 18.7 Å². The second-order valence-corrected chi connectivity index (χ2v) is 6.34. The maximum Gasteiger partial charge on any atom is 0.237 e. The zero-order valence-electron chi connectivity index (χ0n) is 12.8. The van der Waals surface area contributed by atoms with E-state index in [1.165, 1.54) is 0 Å². The molecule has 114 valence electrons. The summed E-state index contributed by atoms with van der Waals surface area (Å²) in [4.78, 5) is 16.3. The first-order valence-electron chi connectivity index (χ1n) is 7.91. The van der Waals surface area contributed by atoms with Crippen LogP contribution in [0, 0.1) is 28.6 Å². The Morgan fingerprint density at radius 2 is 1.86 bits per heavy atom. The minimum atomic E-state index is -0.597. The number of amides is 1. The monoisotopic (exact) mass is 288 g/mol. The lowest BCUT2D eigenvalue weighted by molar-refractivity contribution is -0.136. The van der Waals surface area contributed by atoms with Crippen molar-refractivity contribution in [2.75, 3.05) is 26.7 Å². The summed E-state index contributed by atoms with van der Waals surface area (Å²) in [5.41, 5.74) is -0.597. The van der Waals surface area contributed by atoms with Crippen molar-refractivity contribution in [2.24, 2.45) is 5.92 Å². The summed E-state index contributed by atoms with van der Waals surface area (Å²) >= 11 is 0.